The average Bonchev–Trinajstić information content (AvgIpc) is 2.49. The van der Waals surface area contributed by atoms with Gasteiger partial charge in [0.05, 0.1) is 12.5 Å². The first-order valence-electron chi connectivity index (χ1n) is 7.34. The third kappa shape index (κ3) is 3.33. The highest BCUT2D eigenvalue weighted by atomic mass is 16.5. The van der Waals surface area contributed by atoms with Crippen LogP contribution in [0.1, 0.15) is 37.8 Å². The van der Waals surface area contributed by atoms with Gasteiger partial charge in [-0.3, -0.25) is 4.79 Å². The Kier molecular flexibility index (Phi) is 4.79. The van der Waals surface area contributed by atoms with Gasteiger partial charge < -0.3 is 4.74 Å². The second kappa shape index (κ2) is 6.57. The van der Waals surface area contributed by atoms with Crippen LogP contribution in [0.5, 0.6) is 0 Å². The minimum absolute atomic E-state index is 0.169. The van der Waals surface area contributed by atoms with Crippen molar-refractivity contribution >= 4 is 5.97 Å². The first kappa shape index (κ1) is 15.3. The molecule has 2 aromatic carbocycles. The standard InChI is InChI=1S/C19H22O2/c1-4-21-18(20)17(15-11-7-5-8-12-15)19(2,3)16-13-9-6-10-14-16/h5-14,17H,4H2,1-3H3. The molecule has 2 rings (SSSR count). The molecular weight excluding hydrogens is 260 g/mol. The predicted molar refractivity (Wildman–Crippen MR) is 85.3 cm³/mol. The average molecular weight is 282 g/mol. The van der Waals surface area contributed by atoms with Crippen LogP contribution in [-0.2, 0) is 14.9 Å². The Morgan fingerprint density at radius 1 is 1.00 bits per heavy atom. The topological polar surface area (TPSA) is 26.3 Å². The zero-order valence-electron chi connectivity index (χ0n) is 12.9. The summed E-state index contributed by atoms with van der Waals surface area (Å²) in [6.45, 7) is 6.43. The molecule has 2 aromatic rings. The Bertz CT molecular complexity index is 573. The van der Waals surface area contributed by atoms with Gasteiger partial charge in [-0.05, 0) is 18.1 Å². The molecule has 0 radical (unpaired) electrons. The van der Waals surface area contributed by atoms with Gasteiger partial charge in [-0.25, -0.2) is 0 Å². The second-order valence-corrected chi connectivity index (χ2v) is 5.68. The van der Waals surface area contributed by atoms with Crippen LogP contribution in [0.15, 0.2) is 60.7 Å². The molecule has 0 aliphatic heterocycles. The molecule has 0 aliphatic rings. The SMILES string of the molecule is CCOC(=O)C(c1ccccc1)C(C)(C)c1ccccc1. The van der Waals surface area contributed by atoms with Gasteiger partial charge in [0.2, 0.25) is 0 Å². The summed E-state index contributed by atoms with van der Waals surface area (Å²) in [7, 11) is 0. The van der Waals surface area contributed by atoms with Crippen LogP contribution in [0.3, 0.4) is 0 Å². The van der Waals surface area contributed by atoms with Gasteiger partial charge in [0.25, 0.3) is 0 Å². The maximum atomic E-state index is 12.5. The molecule has 0 aromatic heterocycles. The summed E-state index contributed by atoms with van der Waals surface area (Å²) < 4.78 is 5.33. The second-order valence-electron chi connectivity index (χ2n) is 5.68. The summed E-state index contributed by atoms with van der Waals surface area (Å²) >= 11 is 0. The van der Waals surface area contributed by atoms with Crippen LogP contribution in [0, 0.1) is 0 Å². The van der Waals surface area contributed by atoms with Crippen molar-refractivity contribution in [3.8, 4) is 0 Å². The Morgan fingerprint density at radius 3 is 2.05 bits per heavy atom. The molecule has 0 fully saturated rings. The number of benzene rings is 2. The number of rotatable bonds is 5. The minimum Gasteiger partial charge on any atom is -0.465 e. The highest BCUT2D eigenvalue weighted by Gasteiger charge is 2.38. The summed E-state index contributed by atoms with van der Waals surface area (Å²) in [6.07, 6.45) is 0. The molecule has 0 saturated heterocycles. The Hall–Kier alpha value is -2.09. The molecule has 0 spiro atoms. The van der Waals surface area contributed by atoms with Crippen LogP contribution in [0.25, 0.3) is 0 Å². The molecule has 1 unspecified atom stereocenters. The third-order valence-corrected chi connectivity index (χ3v) is 3.89. The number of hydrogen-bond donors (Lipinski definition) is 0. The van der Waals surface area contributed by atoms with Crippen LogP contribution in [0.4, 0.5) is 0 Å². The van der Waals surface area contributed by atoms with Crippen molar-refractivity contribution in [2.45, 2.75) is 32.1 Å². The Balaban J connectivity index is 2.47. The van der Waals surface area contributed by atoms with Gasteiger partial charge in [0, 0.05) is 5.41 Å². The lowest BCUT2D eigenvalue weighted by Gasteiger charge is -2.33. The van der Waals surface area contributed by atoms with E-state index < -0.39 is 0 Å². The van der Waals surface area contributed by atoms with E-state index in [1.54, 1.807) is 0 Å². The summed E-state index contributed by atoms with van der Waals surface area (Å²) in [5.41, 5.74) is 1.78. The van der Waals surface area contributed by atoms with Crippen LogP contribution in [0.2, 0.25) is 0 Å². The molecular formula is C19H22O2. The monoisotopic (exact) mass is 282 g/mol. The highest BCUT2D eigenvalue weighted by molar-refractivity contribution is 5.80. The van der Waals surface area contributed by atoms with Crippen molar-refractivity contribution in [3.05, 3.63) is 71.8 Å². The zero-order chi connectivity index (χ0) is 15.3. The molecule has 2 heteroatoms. The van der Waals surface area contributed by atoms with E-state index in [2.05, 4.69) is 26.0 Å². The summed E-state index contributed by atoms with van der Waals surface area (Å²) in [5.74, 6) is -0.487. The molecule has 0 aliphatic carbocycles. The molecule has 0 saturated carbocycles. The predicted octanol–water partition coefficient (Wildman–Crippen LogP) is 4.31. The van der Waals surface area contributed by atoms with Gasteiger partial charge >= 0.3 is 5.97 Å². The van der Waals surface area contributed by atoms with Crippen LogP contribution < -0.4 is 0 Å². The Labute approximate surface area is 126 Å². The lowest BCUT2D eigenvalue weighted by atomic mass is 9.70. The number of ether oxygens (including phenoxy) is 1. The van der Waals surface area contributed by atoms with Crippen molar-refractivity contribution in [1.29, 1.82) is 0 Å². The lowest BCUT2D eigenvalue weighted by Crippen LogP contribution is -2.34. The zero-order valence-corrected chi connectivity index (χ0v) is 12.9. The van der Waals surface area contributed by atoms with Crippen molar-refractivity contribution in [2.75, 3.05) is 6.61 Å². The summed E-state index contributed by atoms with van der Waals surface area (Å²) in [5, 5.41) is 0. The van der Waals surface area contributed by atoms with Crippen molar-refractivity contribution in [1.82, 2.24) is 0 Å². The first-order valence-corrected chi connectivity index (χ1v) is 7.34. The quantitative estimate of drug-likeness (QED) is 0.764. The highest BCUT2D eigenvalue weighted by Crippen LogP contribution is 2.39. The molecule has 21 heavy (non-hydrogen) atoms. The van der Waals surface area contributed by atoms with E-state index in [0.717, 1.165) is 11.1 Å². The van der Waals surface area contributed by atoms with Gasteiger partial charge in [-0.2, -0.15) is 0 Å². The fourth-order valence-corrected chi connectivity index (χ4v) is 2.75. The molecule has 110 valence electrons. The van der Waals surface area contributed by atoms with Gasteiger partial charge in [0.15, 0.2) is 0 Å². The van der Waals surface area contributed by atoms with E-state index >= 15 is 0 Å². The summed E-state index contributed by atoms with van der Waals surface area (Å²) in [4.78, 5) is 12.5. The van der Waals surface area contributed by atoms with Gasteiger partial charge in [-0.15, -0.1) is 0 Å². The van der Waals surface area contributed by atoms with Crippen molar-refractivity contribution in [2.24, 2.45) is 0 Å². The smallest absolute Gasteiger partial charge is 0.314 e. The number of hydrogen-bond acceptors (Lipinski definition) is 2. The van der Waals surface area contributed by atoms with E-state index in [0.29, 0.717) is 6.61 Å². The lowest BCUT2D eigenvalue weighted by molar-refractivity contribution is -0.146. The first-order chi connectivity index (χ1) is 10.1. The van der Waals surface area contributed by atoms with Crippen LogP contribution in [-0.4, -0.2) is 12.6 Å². The number of esters is 1. The fraction of sp³-hybridized carbons (Fsp3) is 0.316. The number of carbonyl (C=O) groups excluding carboxylic acids is 1. The van der Waals surface area contributed by atoms with E-state index in [1.165, 1.54) is 0 Å². The largest absolute Gasteiger partial charge is 0.465 e. The van der Waals surface area contributed by atoms with Crippen molar-refractivity contribution < 1.29 is 9.53 Å². The van der Waals surface area contributed by atoms with Gasteiger partial charge in [-0.1, -0.05) is 74.5 Å². The van der Waals surface area contributed by atoms with Gasteiger partial charge in [0.1, 0.15) is 0 Å². The fourth-order valence-electron chi connectivity index (χ4n) is 2.75. The maximum Gasteiger partial charge on any atom is 0.314 e. The van der Waals surface area contributed by atoms with E-state index in [-0.39, 0.29) is 17.3 Å². The summed E-state index contributed by atoms with van der Waals surface area (Å²) in [6, 6.07) is 20.0. The number of carbonyl (C=O) groups is 1. The van der Waals surface area contributed by atoms with E-state index in [4.69, 9.17) is 4.74 Å². The third-order valence-electron chi connectivity index (χ3n) is 3.89. The minimum atomic E-state index is -0.338. The van der Waals surface area contributed by atoms with Crippen LogP contribution >= 0.6 is 0 Å². The molecule has 0 N–H and O–H groups in total. The molecule has 0 amide bonds. The van der Waals surface area contributed by atoms with Crippen molar-refractivity contribution in [3.63, 3.8) is 0 Å². The molecule has 0 bridgehead atoms. The molecule has 0 heterocycles. The normalized spacial score (nSPS) is 12.7. The maximum absolute atomic E-state index is 12.5. The Morgan fingerprint density at radius 2 is 1.52 bits per heavy atom. The molecule has 2 nitrogen and oxygen atoms in total. The van der Waals surface area contributed by atoms with E-state index in [1.807, 2.05) is 55.5 Å². The van der Waals surface area contributed by atoms with E-state index in [9.17, 15) is 4.79 Å². The molecule has 1 atom stereocenters.